The van der Waals surface area contributed by atoms with E-state index in [1.165, 1.54) is 4.90 Å². The van der Waals surface area contributed by atoms with Gasteiger partial charge in [-0.3, -0.25) is 4.79 Å². The topological polar surface area (TPSA) is 64.8 Å². The minimum Gasteiger partial charge on any atom is -0.497 e. The highest BCUT2D eigenvalue weighted by atomic mass is 19.1. The summed E-state index contributed by atoms with van der Waals surface area (Å²) in [7, 11) is 1.56. The Morgan fingerprint density at radius 2 is 2.00 bits per heavy atom. The van der Waals surface area contributed by atoms with Gasteiger partial charge >= 0.3 is 0 Å². The van der Waals surface area contributed by atoms with E-state index in [-0.39, 0.29) is 25.6 Å². The molecule has 0 saturated carbocycles. The zero-order valence-electron chi connectivity index (χ0n) is 14.8. The number of likely N-dealkylation sites (tertiary alicyclic amines) is 1. The Morgan fingerprint density at radius 1 is 1.22 bits per heavy atom. The quantitative estimate of drug-likeness (QED) is 0.690. The molecule has 1 aliphatic rings. The first-order valence-electron chi connectivity index (χ1n) is 8.67. The number of nitrogens with zero attached hydrogens (tertiary/aromatic N) is 2. The van der Waals surface area contributed by atoms with E-state index in [4.69, 9.17) is 13.9 Å². The summed E-state index contributed by atoms with van der Waals surface area (Å²) in [6, 6.07) is 14.1. The van der Waals surface area contributed by atoms with E-state index >= 15 is 0 Å². The Hall–Kier alpha value is -2.93. The summed E-state index contributed by atoms with van der Waals surface area (Å²) in [5.41, 5.74) is 1.88. The van der Waals surface area contributed by atoms with Gasteiger partial charge in [-0.05, 0) is 36.4 Å². The van der Waals surface area contributed by atoms with Crippen LogP contribution >= 0.6 is 0 Å². The summed E-state index contributed by atoms with van der Waals surface area (Å²) in [4.78, 5) is 18.3. The normalized spacial score (nSPS) is 19.6. The third-order valence-electron chi connectivity index (χ3n) is 4.58. The Morgan fingerprint density at radius 3 is 2.74 bits per heavy atom. The number of carbonyl (C=O) groups is 1. The van der Waals surface area contributed by atoms with Gasteiger partial charge in [0.25, 0.3) is 5.91 Å². The molecule has 1 amide bonds. The number of halogens is 1. The molecule has 3 aromatic rings. The number of ether oxygens (including phenoxy) is 2. The lowest BCUT2D eigenvalue weighted by molar-refractivity contribution is 0.00271. The lowest BCUT2D eigenvalue weighted by atomic mass is 10.2. The van der Waals surface area contributed by atoms with Crippen LogP contribution in [-0.4, -0.2) is 48.3 Å². The molecule has 1 aliphatic heterocycles. The second kappa shape index (κ2) is 7.36. The molecule has 140 valence electrons. The Balaban J connectivity index is 1.37. The van der Waals surface area contributed by atoms with Crippen molar-refractivity contribution in [3.8, 4) is 5.75 Å². The molecule has 0 radical (unpaired) electrons. The number of para-hydroxylation sites is 2. The fraction of sp³-hybridized carbons (Fsp3) is 0.300. The molecular weight excluding hydrogens is 351 g/mol. The molecule has 7 heteroatoms. The van der Waals surface area contributed by atoms with Gasteiger partial charge in [0.15, 0.2) is 5.58 Å². The van der Waals surface area contributed by atoms with Crippen LogP contribution in [0.3, 0.4) is 0 Å². The number of hydrogen-bond donors (Lipinski definition) is 0. The maximum atomic E-state index is 14.4. The minimum absolute atomic E-state index is 0.00306. The smallest absolute Gasteiger partial charge is 0.254 e. The summed E-state index contributed by atoms with van der Waals surface area (Å²) in [6.07, 6.45) is -1.96. The number of oxazole rings is 1. The first-order valence-corrected chi connectivity index (χ1v) is 8.67. The van der Waals surface area contributed by atoms with E-state index < -0.39 is 12.3 Å². The lowest BCUT2D eigenvalue weighted by Crippen LogP contribution is -2.30. The molecule has 1 aromatic heterocycles. The van der Waals surface area contributed by atoms with Crippen molar-refractivity contribution in [3.63, 3.8) is 0 Å². The Labute approximate surface area is 155 Å². The first kappa shape index (κ1) is 17.5. The zero-order valence-corrected chi connectivity index (χ0v) is 14.8. The Bertz CT molecular complexity index is 908. The molecular formula is C20H19FN2O4. The van der Waals surface area contributed by atoms with Crippen molar-refractivity contribution in [2.45, 2.75) is 18.9 Å². The van der Waals surface area contributed by atoms with Crippen LogP contribution in [0.25, 0.3) is 11.1 Å². The largest absolute Gasteiger partial charge is 0.497 e. The molecule has 2 aromatic carbocycles. The number of aromatic nitrogens is 1. The monoisotopic (exact) mass is 370 g/mol. The van der Waals surface area contributed by atoms with E-state index in [9.17, 15) is 9.18 Å². The van der Waals surface area contributed by atoms with Gasteiger partial charge in [-0.25, -0.2) is 9.37 Å². The van der Waals surface area contributed by atoms with Gasteiger partial charge < -0.3 is 18.8 Å². The molecule has 0 bridgehead atoms. The highest BCUT2D eigenvalue weighted by Gasteiger charge is 2.36. The molecule has 0 spiro atoms. The molecule has 27 heavy (non-hydrogen) atoms. The third kappa shape index (κ3) is 3.64. The van der Waals surface area contributed by atoms with Crippen molar-refractivity contribution in [1.29, 1.82) is 0 Å². The van der Waals surface area contributed by atoms with E-state index in [0.29, 0.717) is 22.8 Å². The summed E-state index contributed by atoms with van der Waals surface area (Å²) in [5.74, 6) is 0.826. The number of fused-ring (bicyclic) bond motifs is 1. The van der Waals surface area contributed by atoms with Gasteiger partial charge in [0.2, 0.25) is 5.89 Å². The minimum atomic E-state index is -1.25. The third-order valence-corrected chi connectivity index (χ3v) is 4.58. The fourth-order valence-electron chi connectivity index (χ4n) is 3.13. The number of amides is 1. The van der Waals surface area contributed by atoms with Crippen molar-refractivity contribution in [3.05, 3.63) is 60.0 Å². The van der Waals surface area contributed by atoms with Crippen molar-refractivity contribution < 1.29 is 23.1 Å². The maximum absolute atomic E-state index is 14.4. The van der Waals surface area contributed by atoms with Gasteiger partial charge in [0.05, 0.1) is 20.2 Å². The van der Waals surface area contributed by atoms with E-state index in [2.05, 4.69) is 4.98 Å². The molecule has 2 atom stereocenters. The summed E-state index contributed by atoms with van der Waals surface area (Å²) < 4.78 is 30.7. The molecule has 0 unspecified atom stereocenters. The second-order valence-corrected chi connectivity index (χ2v) is 6.38. The summed E-state index contributed by atoms with van der Waals surface area (Å²) in [6.45, 7) is 0.250. The lowest BCUT2D eigenvalue weighted by Gasteiger charge is -2.16. The summed E-state index contributed by atoms with van der Waals surface area (Å²) in [5, 5.41) is 0. The number of alkyl halides is 1. The van der Waals surface area contributed by atoms with E-state index in [1.54, 1.807) is 31.4 Å². The van der Waals surface area contributed by atoms with Crippen LogP contribution in [0.2, 0.25) is 0 Å². The number of benzene rings is 2. The number of rotatable bonds is 5. The average molecular weight is 370 g/mol. The Kier molecular flexibility index (Phi) is 4.77. The van der Waals surface area contributed by atoms with Gasteiger partial charge in [0.1, 0.15) is 30.1 Å². The van der Waals surface area contributed by atoms with Crippen LogP contribution < -0.4 is 4.74 Å². The van der Waals surface area contributed by atoms with Crippen molar-refractivity contribution in [1.82, 2.24) is 9.88 Å². The molecule has 1 saturated heterocycles. The van der Waals surface area contributed by atoms with Crippen molar-refractivity contribution >= 4 is 17.0 Å². The molecule has 4 rings (SSSR count). The predicted octanol–water partition coefficient (Wildman–Crippen LogP) is 3.22. The highest BCUT2D eigenvalue weighted by molar-refractivity contribution is 5.94. The molecule has 6 nitrogen and oxygen atoms in total. The first-order chi connectivity index (χ1) is 13.1. The van der Waals surface area contributed by atoms with E-state index in [1.807, 2.05) is 24.3 Å². The van der Waals surface area contributed by atoms with Gasteiger partial charge in [-0.1, -0.05) is 12.1 Å². The van der Waals surface area contributed by atoms with Crippen LogP contribution in [0.1, 0.15) is 16.2 Å². The maximum Gasteiger partial charge on any atom is 0.254 e. The average Bonchev–Trinajstić information content (AvgIpc) is 3.28. The van der Waals surface area contributed by atoms with Crippen LogP contribution in [0, 0.1) is 0 Å². The SMILES string of the molecule is COc1ccc(C(=O)N2C[C@@H](F)[C@@H](OCc3nc4ccccc4o3)C2)cc1. The van der Waals surface area contributed by atoms with Gasteiger partial charge in [0, 0.05) is 5.56 Å². The number of carbonyl (C=O) groups excluding carboxylic acids is 1. The van der Waals surface area contributed by atoms with Crippen LogP contribution in [0.15, 0.2) is 52.9 Å². The molecule has 0 aliphatic carbocycles. The fourth-order valence-corrected chi connectivity index (χ4v) is 3.13. The second-order valence-electron chi connectivity index (χ2n) is 6.38. The molecule has 1 fully saturated rings. The van der Waals surface area contributed by atoms with Crippen molar-refractivity contribution in [2.75, 3.05) is 20.2 Å². The predicted molar refractivity (Wildman–Crippen MR) is 96.4 cm³/mol. The van der Waals surface area contributed by atoms with Crippen LogP contribution in [0.4, 0.5) is 4.39 Å². The molecule has 2 heterocycles. The molecule has 0 N–H and O–H groups in total. The number of methoxy groups -OCH3 is 1. The van der Waals surface area contributed by atoms with Crippen LogP contribution in [-0.2, 0) is 11.3 Å². The summed E-state index contributed by atoms with van der Waals surface area (Å²) >= 11 is 0. The van der Waals surface area contributed by atoms with Crippen molar-refractivity contribution in [2.24, 2.45) is 0 Å². The standard InChI is InChI=1S/C20H19FN2O4/c1-25-14-8-6-13(7-9-14)20(24)23-10-15(21)18(11-23)26-12-19-22-16-4-2-3-5-17(16)27-19/h2-9,15,18H,10-12H2,1H3/t15-,18+/m1/s1. The van der Waals surface area contributed by atoms with Gasteiger partial charge in [-0.2, -0.15) is 0 Å². The highest BCUT2D eigenvalue weighted by Crippen LogP contribution is 2.22. The zero-order chi connectivity index (χ0) is 18.8. The van der Waals surface area contributed by atoms with Gasteiger partial charge in [-0.15, -0.1) is 0 Å². The number of hydrogen-bond acceptors (Lipinski definition) is 5. The van der Waals surface area contributed by atoms with E-state index in [0.717, 1.165) is 5.52 Å². The van der Waals surface area contributed by atoms with Crippen LogP contribution in [0.5, 0.6) is 5.75 Å².